The maximum atomic E-state index is 12.4. The van der Waals surface area contributed by atoms with Crippen LogP contribution >= 0.6 is 23.2 Å². The fraction of sp³-hybridized carbons (Fsp3) is 0. The number of nitrogens with two attached hydrogens (primary N) is 2. The van der Waals surface area contributed by atoms with Gasteiger partial charge in [-0.3, -0.25) is 4.72 Å². The number of anilines is 2. The van der Waals surface area contributed by atoms with Crippen LogP contribution in [0.3, 0.4) is 0 Å². The maximum Gasteiger partial charge on any atom is 0.263 e. The van der Waals surface area contributed by atoms with Gasteiger partial charge in [0, 0.05) is 5.02 Å². The molecule has 0 atom stereocenters. The van der Waals surface area contributed by atoms with E-state index in [1.54, 1.807) is 12.1 Å². The summed E-state index contributed by atoms with van der Waals surface area (Å²) in [6.45, 7) is 0. The lowest BCUT2D eigenvalue weighted by atomic mass is 10.3. The Morgan fingerprint density at radius 3 is 2.17 bits per heavy atom. The molecule has 0 amide bonds. The zero-order valence-electron chi connectivity index (χ0n) is 11.3. The summed E-state index contributed by atoms with van der Waals surface area (Å²) in [7, 11) is -8.39. The van der Waals surface area contributed by atoms with Gasteiger partial charge in [0.15, 0.2) is 0 Å². The highest BCUT2D eigenvalue weighted by atomic mass is 35.5. The predicted octanol–water partition coefficient (Wildman–Crippen LogP) is 2.02. The zero-order chi connectivity index (χ0) is 17.4. The van der Waals surface area contributed by atoms with Crippen LogP contribution in [0.25, 0.3) is 0 Å². The molecule has 0 bridgehead atoms. The molecule has 0 aliphatic rings. The van der Waals surface area contributed by atoms with Crippen molar-refractivity contribution in [2.75, 3.05) is 10.5 Å². The average molecular weight is 396 g/mol. The van der Waals surface area contributed by atoms with E-state index in [2.05, 4.69) is 4.72 Å². The second-order valence-corrected chi connectivity index (χ2v) is 8.51. The van der Waals surface area contributed by atoms with Crippen LogP contribution in [0.5, 0.6) is 0 Å². The molecule has 0 saturated heterocycles. The Morgan fingerprint density at radius 2 is 1.61 bits per heavy atom. The van der Waals surface area contributed by atoms with Crippen molar-refractivity contribution in [3.05, 3.63) is 46.4 Å². The molecule has 11 heteroatoms. The van der Waals surface area contributed by atoms with Crippen molar-refractivity contribution in [1.29, 1.82) is 0 Å². The van der Waals surface area contributed by atoms with E-state index < -0.39 is 29.8 Å². The van der Waals surface area contributed by atoms with Gasteiger partial charge in [-0.25, -0.2) is 22.0 Å². The lowest BCUT2D eigenvalue weighted by Gasteiger charge is -2.12. The molecular formula is C12H11Cl2N3O4S2. The van der Waals surface area contributed by atoms with Gasteiger partial charge in [-0.1, -0.05) is 29.3 Å². The topological polar surface area (TPSA) is 132 Å². The van der Waals surface area contributed by atoms with Gasteiger partial charge in [-0.15, -0.1) is 0 Å². The number of hydrogen-bond donors (Lipinski definition) is 3. The largest absolute Gasteiger partial charge is 0.398 e. The van der Waals surface area contributed by atoms with Crippen molar-refractivity contribution in [1.82, 2.24) is 0 Å². The number of nitrogens with one attached hydrogen (secondary N) is 1. The normalized spacial score (nSPS) is 12.1. The minimum Gasteiger partial charge on any atom is -0.398 e. The highest BCUT2D eigenvalue weighted by Crippen LogP contribution is 2.30. The zero-order valence-corrected chi connectivity index (χ0v) is 14.5. The summed E-state index contributed by atoms with van der Waals surface area (Å²) < 4.78 is 50.0. The molecule has 0 fully saturated rings. The molecule has 124 valence electrons. The summed E-state index contributed by atoms with van der Waals surface area (Å²) in [5, 5.41) is 5.05. The first-order chi connectivity index (χ1) is 10.5. The molecule has 0 spiro atoms. The predicted molar refractivity (Wildman–Crippen MR) is 89.5 cm³/mol. The molecule has 0 aliphatic heterocycles. The minimum absolute atomic E-state index is 0.184. The molecule has 2 aromatic carbocycles. The van der Waals surface area contributed by atoms with E-state index in [4.69, 9.17) is 34.1 Å². The van der Waals surface area contributed by atoms with Crippen LogP contribution in [0.15, 0.2) is 46.2 Å². The minimum atomic E-state index is -4.21. The average Bonchev–Trinajstić information content (AvgIpc) is 2.35. The van der Waals surface area contributed by atoms with Gasteiger partial charge in [0.05, 0.1) is 16.4 Å². The molecule has 7 nitrogen and oxygen atoms in total. The molecule has 5 N–H and O–H groups in total. The van der Waals surface area contributed by atoms with E-state index in [1.807, 2.05) is 0 Å². The molecular weight excluding hydrogens is 385 g/mol. The van der Waals surface area contributed by atoms with Crippen LogP contribution in [-0.4, -0.2) is 16.8 Å². The van der Waals surface area contributed by atoms with Gasteiger partial charge in [-0.05, 0) is 30.3 Å². The van der Waals surface area contributed by atoms with E-state index in [0.717, 1.165) is 12.1 Å². The second kappa shape index (κ2) is 6.17. The summed E-state index contributed by atoms with van der Waals surface area (Å²) in [5.74, 6) is 0. The van der Waals surface area contributed by atoms with Gasteiger partial charge in [0.2, 0.25) is 10.0 Å². The smallest absolute Gasteiger partial charge is 0.263 e. The Labute approximate surface area is 143 Å². The summed E-state index contributed by atoms with van der Waals surface area (Å²) in [6, 6.07) is 7.77. The van der Waals surface area contributed by atoms with Crippen LogP contribution < -0.4 is 15.6 Å². The summed E-state index contributed by atoms with van der Waals surface area (Å²) >= 11 is 11.5. The van der Waals surface area contributed by atoms with Crippen LogP contribution in [0.4, 0.5) is 11.4 Å². The van der Waals surface area contributed by atoms with E-state index in [-0.39, 0.29) is 16.4 Å². The number of rotatable bonds is 4. The summed E-state index contributed by atoms with van der Waals surface area (Å²) in [4.78, 5) is -1.01. The molecule has 0 unspecified atom stereocenters. The first kappa shape index (κ1) is 17.8. The Bertz CT molecular complexity index is 976. The third-order valence-electron chi connectivity index (χ3n) is 2.74. The number of sulfonamides is 2. The van der Waals surface area contributed by atoms with Crippen molar-refractivity contribution in [2.45, 2.75) is 9.79 Å². The van der Waals surface area contributed by atoms with E-state index in [9.17, 15) is 16.8 Å². The van der Waals surface area contributed by atoms with Crippen molar-refractivity contribution in [3.63, 3.8) is 0 Å². The highest BCUT2D eigenvalue weighted by Gasteiger charge is 2.23. The molecule has 0 aliphatic carbocycles. The third kappa shape index (κ3) is 4.06. The quantitative estimate of drug-likeness (QED) is 0.680. The Kier molecular flexibility index (Phi) is 4.79. The molecule has 0 aromatic heterocycles. The lowest BCUT2D eigenvalue weighted by Crippen LogP contribution is -2.18. The maximum absolute atomic E-state index is 12.4. The Morgan fingerprint density at radius 1 is 0.957 bits per heavy atom. The van der Waals surface area contributed by atoms with Gasteiger partial charge >= 0.3 is 0 Å². The van der Waals surface area contributed by atoms with Crippen LogP contribution in [-0.2, 0) is 20.0 Å². The SMILES string of the molecule is Nc1cc(Cl)c(S(N)(=O)=O)cc1S(=O)(=O)Nc1cccc(Cl)c1. The van der Waals surface area contributed by atoms with Crippen LogP contribution in [0.2, 0.25) is 10.0 Å². The van der Waals surface area contributed by atoms with Gasteiger partial charge in [-0.2, -0.15) is 0 Å². The fourth-order valence-corrected chi connectivity index (χ4v) is 4.32. The monoisotopic (exact) mass is 395 g/mol. The molecule has 23 heavy (non-hydrogen) atoms. The standard InChI is InChI=1S/C12H11Cl2N3O4S2/c13-7-2-1-3-8(4-7)17-23(20,21)12-6-11(22(16,18)19)9(14)5-10(12)15/h1-6,17H,15H2,(H2,16,18,19). The number of hydrogen-bond acceptors (Lipinski definition) is 5. The Balaban J connectivity index is 2.56. The van der Waals surface area contributed by atoms with Crippen molar-refractivity contribution in [3.8, 4) is 0 Å². The molecule has 0 heterocycles. The van der Waals surface area contributed by atoms with Crippen molar-refractivity contribution < 1.29 is 16.8 Å². The van der Waals surface area contributed by atoms with Gasteiger partial charge < -0.3 is 5.73 Å². The Hall–Kier alpha value is -1.52. The van der Waals surface area contributed by atoms with Crippen molar-refractivity contribution in [2.24, 2.45) is 5.14 Å². The van der Waals surface area contributed by atoms with E-state index >= 15 is 0 Å². The van der Waals surface area contributed by atoms with E-state index in [0.29, 0.717) is 5.02 Å². The van der Waals surface area contributed by atoms with E-state index in [1.165, 1.54) is 12.1 Å². The fourth-order valence-electron chi connectivity index (χ4n) is 1.76. The molecule has 0 saturated carbocycles. The number of halogens is 2. The second-order valence-electron chi connectivity index (χ2n) is 4.48. The molecule has 2 rings (SSSR count). The highest BCUT2D eigenvalue weighted by molar-refractivity contribution is 7.93. The van der Waals surface area contributed by atoms with Gasteiger partial charge in [0.25, 0.3) is 10.0 Å². The lowest BCUT2D eigenvalue weighted by molar-refractivity contribution is 0.597. The number of benzene rings is 2. The van der Waals surface area contributed by atoms with Gasteiger partial charge in [0.1, 0.15) is 9.79 Å². The summed E-state index contributed by atoms with van der Waals surface area (Å²) in [5.41, 5.74) is 5.60. The summed E-state index contributed by atoms with van der Waals surface area (Å²) in [6.07, 6.45) is 0. The van der Waals surface area contributed by atoms with Crippen LogP contribution in [0, 0.1) is 0 Å². The first-order valence-electron chi connectivity index (χ1n) is 5.91. The number of primary sulfonamides is 1. The first-order valence-corrected chi connectivity index (χ1v) is 9.69. The third-order valence-corrected chi connectivity index (χ3v) is 5.78. The molecule has 2 aromatic rings. The van der Waals surface area contributed by atoms with Crippen LogP contribution in [0.1, 0.15) is 0 Å². The molecule has 0 radical (unpaired) electrons. The number of nitrogen functional groups attached to an aromatic ring is 1. The van der Waals surface area contributed by atoms with Crippen molar-refractivity contribution >= 4 is 54.6 Å².